The van der Waals surface area contributed by atoms with Gasteiger partial charge in [0.2, 0.25) is 0 Å². The molecule has 0 spiro atoms. The summed E-state index contributed by atoms with van der Waals surface area (Å²) in [6.45, 7) is 5.89. The molecular weight excluding hydrogens is 152 g/mol. The fourth-order valence-electron chi connectivity index (χ4n) is 1.11. The molecule has 0 aliphatic heterocycles. The summed E-state index contributed by atoms with van der Waals surface area (Å²) in [7, 11) is 0. The fraction of sp³-hybridized carbons (Fsp3) is 0.375. The van der Waals surface area contributed by atoms with E-state index < -0.39 is 0 Å². The lowest BCUT2D eigenvalue weighted by molar-refractivity contribution is 0.844. The number of fused-ring (bicyclic) bond motifs is 1. The van der Waals surface area contributed by atoms with Gasteiger partial charge in [0.15, 0.2) is 11.5 Å². The van der Waals surface area contributed by atoms with Gasteiger partial charge in [-0.3, -0.25) is 0 Å². The highest BCUT2D eigenvalue weighted by molar-refractivity contribution is 5.40. The lowest BCUT2D eigenvalue weighted by atomic mass is 10.2. The van der Waals surface area contributed by atoms with E-state index in [-0.39, 0.29) is 0 Å². The van der Waals surface area contributed by atoms with Gasteiger partial charge in [0, 0.05) is 0 Å². The molecule has 4 heteroatoms. The van der Waals surface area contributed by atoms with Gasteiger partial charge in [-0.1, -0.05) is 0 Å². The fourth-order valence-corrected chi connectivity index (χ4v) is 1.11. The predicted molar refractivity (Wildman–Crippen MR) is 45.0 cm³/mol. The summed E-state index contributed by atoms with van der Waals surface area (Å²) in [5.41, 5.74) is 2.98. The average molecular weight is 162 g/mol. The van der Waals surface area contributed by atoms with E-state index in [0.717, 1.165) is 22.7 Å². The second-order valence-electron chi connectivity index (χ2n) is 2.93. The van der Waals surface area contributed by atoms with Gasteiger partial charge in [0.25, 0.3) is 0 Å². The zero-order valence-electron chi connectivity index (χ0n) is 7.37. The topological polar surface area (TPSA) is 43.1 Å². The van der Waals surface area contributed by atoms with E-state index in [2.05, 4.69) is 15.3 Å². The summed E-state index contributed by atoms with van der Waals surface area (Å²) >= 11 is 0. The minimum absolute atomic E-state index is 0.815. The molecule has 0 aromatic carbocycles. The molecule has 12 heavy (non-hydrogen) atoms. The first kappa shape index (κ1) is 7.21. The van der Waals surface area contributed by atoms with Crippen LogP contribution in [0.2, 0.25) is 0 Å². The number of rotatable bonds is 0. The quantitative estimate of drug-likeness (QED) is 0.581. The second-order valence-corrected chi connectivity index (χ2v) is 2.93. The molecule has 0 bridgehead atoms. The van der Waals surface area contributed by atoms with Gasteiger partial charge in [-0.2, -0.15) is 9.61 Å². The Morgan fingerprint density at radius 1 is 1.17 bits per heavy atom. The molecule has 4 nitrogen and oxygen atoms in total. The summed E-state index contributed by atoms with van der Waals surface area (Å²) in [5, 5.41) is 12.2. The Labute approximate surface area is 70.2 Å². The van der Waals surface area contributed by atoms with E-state index in [1.54, 1.807) is 4.52 Å². The van der Waals surface area contributed by atoms with Crippen molar-refractivity contribution in [3.8, 4) is 0 Å². The van der Waals surface area contributed by atoms with Crippen LogP contribution in [-0.2, 0) is 0 Å². The maximum atomic E-state index is 4.33. The average Bonchev–Trinajstić information content (AvgIpc) is 2.35. The zero-order valence-corrected chi connectivity index (χ0v) is 7.37. The highest BCUT2D eigenvalue weighted by Crippen LogP contribution is 2.06. The Morgan fingerprint density at radius 2 is 1.92 bits per heavy atom. The molecular formula is C8H10N4. The van der Waals surface area contributed by atoms with Gasteiger partial charge in [0.1, 0.15) is 0 Å². The summed E-state index contributed by atoms with van der Waals surface area (Å²) in [5.74, 6) is 0.827. The van der Waals surface area contributed by atoms with E-state index in [1.165, 1.54) is 0 Å². The Kier molecular flexibility index (Phi) is 1.36. The van der Waals surface area contributed by atoms with E-state index in [4.69, 9.17) is 0 Å². The number of aromatic nitrogens is 4. The maximum Gasteiger partial charge on any atom is 0.178 e. The predicted octanol–water partition coefficient (Wildman–Crippen LogP) is 1.05. The van der Waals surface area contributed by atoms with Crippen LogP contribution < -0.4 is 0 Å². The van der Waals surface area contributed by atoms with Gasteiger partial charge < -0.3 is 0 Å². The number of hydrogen-bond acceptors (Lipinski definition) is 3. The van der Waals surface area contributed by atoms with Gasteiger partial charge >= 0.3 is 0 Å². The summed E-state index contributed by atoms with van der Waals surface area (Å²) < 4.78 is 1.75. The monoisotopic (exact) mass is 162 g/mol. The van der Waals surface area contributed by atoms with Crippen LogP contribution in [0.15, 0.2) is 6.07 Å². The first-order valence-electron chi connectivity index (χ1n) is 3.85. The van der Waals surface area contributed by atoms with Crippen molar-refractivity contribution in [3.63, 3.8) is 0 Å². The molecule has 0 atom stereocenters. The number of aryl methyl sites for hydroxylation is 3. The van der Waals surface area contributed by atoms with Crippen molar-refractivity contribution in [1.82, 2.24) is 19.8 Å². The van der Waals surface area contributed by atoms with Crippen molar-refractivity contribution in [2.45, 2.75) is 20.8 Å². The molecule has 62 valence electrons. The Balaban J connectivity index is 2.87. The number of hydrogen-bond donors (Lipinski definition) is 0. The lowest BCUT2D eigenvalue weighted by Crippen LogP contribution is -1.98. The smallest absolute Gasteiger partial charge is 0.178 e. The molecule has 0 saturated carbocycles. The van der Waals surface area contributed by atoms with E-state index in [9.17, 15) is 0 Å². The molecule has 0 amide bonds. The highest BCUT2D eigenvalue weighted by Gasteiger charge is 2.03. The van der Waals surface area contributed by atoms with Crippen LogP contribution in [0.3, 0.4) is 0 Å². The zero-order chi connectivity index (χ0) is 8.72. The molecule has 2 aromatic rings. The van der Waals surface area contributed by atoms with Gasteiger partial charge in [-0.15, -0.1) is 10.2 Å². The van der Waals surface area contributed by atoms with E-state index in [0.29, 0.717) is 0 Å². The molecule has 0 aliphatic carbocycles. The Morgan fingerprint density at radius 3 is 2.67 bits per heavy atom. The van der Waals surface area contributed by atoms with Crippen molar-refractivity contribution in [2.24, 2.45) is 0 Å². The molecule has 2 aromatic heterocycles. The molecule has 0 radical (unpaired) electrons. The summed E-state index contributed by atoms with van der Waals surface area (Å²) in [6.07, 6.45) is 0. The third kappa shape index (κ3) is 0.879. The Hall–Kier alpha value is -1.45. The van der Waals surface area contributed by atoms with E-state index in [1.807, 2.05) is 26.8 Å². The Bertz CT molecular complexity index is 430. The summed E-state index contributed by atoms with van der Waals surface area (Å²) in [4.78, 5) is 0. The molecule has 0 N–H and O–H groups in total. The highest BCUT2D eigenvalue weighted by atomic mass is 15.4. The van der Waals surface area contributed by atoms with Crippen molar-refractivity contribution in [3.05, 3.63) is 23.1 Å². The normalized spacial score (nSPS) is 10.9. The van der Waals surface area contributed by atoms with Crippen molar-refractivity contribution in [2.75, 3.05) is 0 Å². The van der Waals surface area contributed by atoms with Crippen LogP contribution in [0.4, 0.5) is 0 Å². The van der Waals surface area contributed by atoms with Gasteiger partial charge in [-0.25, -0.2) is 0 Å². The van der Waals surface area contributed by atoms with Crippen LogP contribution in [0.1, 0.15) is 17.1 Å². The van der Waals surface area contributed by atoms with Crippen LogP contribution >= 0.6 is 0 Å². The number of nitrogens with zero attached hydrogens (tertiary/aromatic N) is 4. The SMILES string of the molecule is Cc1cc2nnc(C)n2nc1C. The second kappa shape index (κ2) is 2.27. The lowest BCUT2D eigenvalue weighted by Gasteiger charge is -1.98. The van der Waals surface area contributed by atoms with Crippen LogP contribution in [-0.4, -0.2) is 19.8 Å². The standard InChI is InChI=1S/C8H10N4/c1-5-4-8-10-9-7(3)12(8)11-6(5)2/h4H,1-3H3. The minimum Gasteiger partial charge on any atom is -0.197 e. The third-order valence-corrected chi connectivity index (χ3v) is 1.99. The molecule has 0 saturated heterocycles. The summed E-state index contributed by atoms with van der Waals surface area (Å²) in [6, 6.07) is 1.99. The van der Waals surface area contributed by atoms with Crippen LogP contribution in [0, 0.1) is 20.8 Å². The van der Waals surface area contributed by atoms with Crippen LogP contribution in [0.5, 0.6) is 0 Å². The molecule has 0 fully saturated rings. The van der Waals surface area contributed by atoms with Gasteiger partial charge in [0.05, 0.1) is 5.69 Å². The largest absolute Gasteiger partial charge is 0.197 e. The van der Waals surface area contributed by atoms with Crippen molar-refractivity contribution >= 4 is 5.65 Å². The van der Waals surface area contributed by atoms with Crippen molar-refractivity contribution < 1.29 is 0 Å². The molecule has 2 heterocycles. The minimum atomic E-state index is 0.815. The third-order valence-electron chi connectivity index (χ3n) is 1.99. The molecule has 2 rings (SSSR count). The van der Waals surface area contributed by atoms with Gasteiger partial charge in [-0.05, 0) is 32.4 Å². The molecule has 0 unspecified atom stereocenters. The first-order chi connectivity index (χ1) is 5.68. The van der Waals surface area contributed by atoms with Crippen LogP contribution in [0.25, 0.3) is 5.65 Å². The van der Waals surface area contributed by atoms with Crippen molar-refractivity contribution in [1.29, 1.82) is 0 Å². The maximum absolute atomic E-state index is 4.33. The molecule has 0 aliphatic rings. The van der Waals surface area contributed by atoms with E-state index >= 15 is 0 Å². The first-order valence-corrected chi connectivity index (χ1v) is 3.85.